The molecular weight excluding hydrogens is 378 g/mol. The van der Waals surface area contributed by atoms with Crippen LogP contribution in [-0.2, 0) is 21.2 Å². The number of ether oxygens (including phenoxy) is 1. The maximum Gasteiger partial charge on any atom is 0.341 e. The first-order chi connectivity index (χ1) is 12.7. The fraction of sp³-hybridized carbons (Fsp3) is 0.278. The van der Waals surface area contributed by atoms with E-state index < -0.39 is 20.5 Å². The van der Waals surface area contributed by atoms with E-state index in [4.69, 9.17) is 4.74 Å². The minimum absolute atomic E-state index is 0.0785. The molecule has 0 aliphatic rings. The number of benzene rings is 2. The molecule has 0 spiro atoms. The molecule has 0 fully saturated rings. The van der Waals surface area contributed by atoms with Crippen LogP contribution in [0.4, 0.5) is 14.5 Å². The summed E-state index contributed by atoms with van der Waals surface area (Å²) < 4.78 is 53.1. The molecule has 1 amide bonds. The number of nitrogens with zero attached hydrogens (tertiary/aromatic N) is 1. The quantitative estimate of drug-likeness (QED) is 0.740. The maximum atomic E-state index is 12.5. The number of hydrogen-bond acceptors (Lipinski definition) is 5. The van der Waals surface area contributed by atoms with Crippen molar-refractivity contribution in [3.05, 3.63) is 54.1 Å². The molecule has 2 aromatic rings. The van der Waals surface area contributed by atoms with Gasteiger partial charge in [-0.05, 0) is 37.4 Å². The van der Waals surface area contributed by atoms with Crippen LogP contribution in [0.2, 0.25) is 0 Å². The Hall–Kier alpha value is -2.52. The second-order valence-electron chi connectivity index (χ2n) is 5.86. The summed E-state index contributed by atoms with van der Waals surface area (Å²) in [5.74, 6) is -3.08. The standard InChI is InChI=1S/C18H20F2N2O4S/c1-22(11-13-5-3-4-6-16(13)26-2)12-17(23)21-14-7-9-15(10-8-14)27(24,25)18(19)20/h3-10,18H,11-12H2,1-2H3,(H,21,23). The monoisotopic (exact) mass is 398 g/mol. The predicted molar refractivity (Wildman–Crippen MR) is 97.6 cm³/mol. The number of methoxy groups -OCH3 is 1. The molecule has 0 radical (unpaired) electrons. The maximum absolute atomic E-state index is 12.5. The van der Waals surface area contributed by atoms with Crippen molar-refractivity contribution < 1.29 is 26.7 Å². The smallest absolute Gasteiger partial charge is 0.341 e. The Morgan fingerprint density at radius 2 is 1.78 bits per heavy atom. The zero-order valence-electron chi connectivity index (χ0n) is 14.9. The molecule has 0 aromatic heterocycles. The number of likely N-dealkylation sites (N-methyl/N-ethyl adjacent to an activating group) is 1. The molecule has 2 rings (SSSR count). The zero-order chi connectivity index (χ0) is 20.0. The van der Waals surface area contributed by atoms with Crippen LogP contribution in [0.5, 0.6) is 5.75 Å². The summed E-state index contributed by atoms with van der Waals surface area (Å²) in [7, 11) is -1.31. The molecule has 1 N–H and O–H groups in total. The van der Waals surface area contributed by atoms with Gasteiger partial charge in [0.2, 0.25) is 15.7 Å². The van der Waals surface area contributed by atoms with E-state index in [-0.39, 0.29) is 12.5 Å². The number of nitrogens with one attached hydrogen (secondary N) is 1. The molecule has 0 unspecified atom stereocenters. The molecule has 146 valence electrons. The summed E-state index contributed by atoms with van der Waals surface area (Å²) in [5, 5.41) is 2.60. The van der Waals surface area contributed by atoms with Crippen LogP contribution in [0.25, 0.3) is 0 Å². The minimum Gasteiger partial charge on any atom is -0.496 e. The lowest BCUT2D eigenvalue weighted by Gasteiger charge is -2.18. The van der Waals surface area contributed by atoms with Crippen LogP contribution in [0.15, 0.2) is 53.4 Å². The van der Waals surface area contributed by atoms with Crippen molar-refractivity contribution in [2.45, 2.75) is 17.2 Å². The van der Waals surface area contributed by atoms with Gasteiger partial charge in [0.1, 0.15) is 5.75 Å². The number of rotatable bonds is 8. The van der Waals surface area contributed by atoms with Gasteiger partial charge in [-0.1, -0.05) is 18.2 Å². The normalized spacial score (nSPS) is 11.6. The van der Waals surface area contributed by atoms with Crippen LogP contribution < -0.4 is 10.1 Å². The molecule has 0 atom stereocenters. The number of para-hydroxylation sites is 1. The van der Waals surface area contributed by atoms with E-state index in [2.05, 4.69) is 5.32 Å². The number of amides is 1. The first-order valence-electron chi connectivity index (χ1n) is 7.96. The summed E-state index contributed by atoms with van der Waals surface area (Å²) >= 11 is 0. The second-order valence-corrected chi connectivity index (χ2v) is 7.78. The third-order valence-electron chi connectivity index (χ3n) is 3.75. The van der Waals surface area contributed by atoms with Crippen molar-refractivity contribution in [2.24, 2.45) is 0 Å². The van der Waals surface area contributed by atoms with Crippen molar-refractivity contribution >= 4 is 21.4 Å². The molecule has 27 heavy (non-hydrogen) atoms. The van der Waals surface area contributed by atoms with Crippen molar-refractivity contribution in [1.82, 2.24) is 4.90 Å². The largest absolute Gasteiger partial charge is 0.496 e. The highest BCUT2D eigenvalue weighted by molar-refractivity contribution is 7.91. The van der Waals surface area contributed by atoms with Gasteiger partial charge < -0.3 is 10.1 Å². The number of anilines is 1. The number of halogens is 2. The van der Waals surface area contributed by atoms with E-state index >= 15 is 0 Å². The number of alkyl halides is 2. The molecule has 0 saturated heterocycles. The highest BCUT2D eigenvalue weighted by atomic mass is 32.2. The molecule has 2 aromatic carbocycles. The Balaban J connectivity index is 1.95. The fourth-order valence-electron chi connectivity index (χ4n) is 2.46. The van der Waals surface area contributed by atoms with Gasteiger partial charge in [0.05, 0.1) is 18.6 Å². The summed E-state index contributed by atoms with van der Waals surface area (Å²) in [6.07, 6.45) is 0. The van der Waals surface area contributed by atoms with Crippen LogP contribution in [0, 0.1) is 0 Å². The van der Waals surface area contributed by atoms with Gasteiger partial charge in [-0.25, -0.2) is 8.42 Å². The number of carbonyl (C=O) groups excluding carboxylic acids is 1. The lowest BCUT2D eigenvalue weighted by atomic mass is 10.2. The Kier molecular flexibility index (Phi) is 6.86. The van der Waals surface area contributed by atoms with Gasteiger partial charge in [0, 0.05) is 17.8 Å². The highest BCUT2D eigenvalue weighted by Crippen LogP contribution is 2.21. The van der Waals surface area contributed by atoms with E-state index in [0.717, 1.165) is 23.4 Å². The van der Waals surface area contributed by atoms with Crippen LogP contribution in [0.3, 0.4) is 0 Å². The lowest BCUT2D eigenvalue weighted by Crippen LogP contribution is -2.30. The Labute approximate surface area is 156 Å². The molecule has 0 aliphatic heterocycles. The van der Waals surface area contributed by atoms with Gasteiger partial charge in [0.25, 0.3) is 0 Å². The first kappa shape index (κ1) is 20.8. The highest BCUT2D eigenvalue weighted by Gasteiger charge is 2.26. The summed E-state index contributed by atoms with van der Waals surface area (Å²) in [4.78, 5) is 13.4. The Bertz CT molecular complexity index is 886. The Morgan fingerprint density at radius 3 is 2.37 bits per heavy atom. The van der Waals surface area contributed by atoms with E-state index in [1.54, 1.807) is 19.1 Å². The van der Waals surface area contributed by atoms with Crippen molar-refractivity contribution in [2.75, 3.05) is 26.0 Å². The van der Waals surface area contributed by atoms with Gasteiger partial charge in [0.15, 0.2) is 0 Å². The van der Waals surface area contributed by atoms with E-state index in [1.807, 2.05) is 24.3 Å². The lowest BCUT2D eigenvalue weighted by molar-refractivity contribution is -0.117. The van der Waals surface area contributed by atoms with Crippen molar-refractivity contribution in [3.8, 4) is 5.75 Å². The van der Waals surface area contributed by atoms with Crippen LogP contribution >= 0.6 is 0 Å². The first-order valence-corrected chi connectivity index (χ1v) is 9.51. The fourth-order valence-corrected chi connectivity index (χ4v) is 3.18. The van der Waals surface area contributed by atoms with Gasteiger partial charge in [-0.15, -0.1) is 0 Å². The van der Waals surface area contributed by atoms with E-state index in [1.165, 1.54) is 12.1 Å². The van der Waals surface area contributed by atoms with Crippen molar-refractivity contribution in [3.63, 3.8) is 0 Å². The van der Waals surface area contributed by atoms with Crippen molar-refractivity contribution in [1.29, 1.82) is 0 Å². The molecule has 6 nitrogen and oxygen atoms in total. The molecule has 0 aliphatic carbocycles. The average Bonchev–Trinajstić information content (AvgIpc) is 2.62. The topological polar surface area (TPSA) is 75.7 Å². The molecule has 0 saturated carbocycles. The number of hydrogen-bond donors (Lipinski definition) is 1. The number of sulfone groups is 1. The van der Waals surface area contributed by atoms with E-state index in [9.17, 15) is 22.0 Å². The zero-order valence-corrected chi connectivity index (χ0v) is 15.7. The van der Waals surface area contributed by atoms with Crippen LogP contribution in [0.1, 0.15) is 5.56 Å². The molecule has 0 bridgehead atoms. The van der Waals surface area contributed by atoms with Crippen LogP contribution in [-0.4, -0.2) is 45.7 Å². The third-order valence-corrected chi connectivity index (χ3v) is 5.15. The molecule has 9 heteroatoms. The summed E-state index contributed by atoms with van der Waals surface area (Å²) in [6.45, 7) is 0.568. The number of carbonyl (C=O) groups is 1. The van der Waals surface area contributed by atoms with Gasteiger partial charge >= 0.3 is 5.76 Å². The SMILES string of the molecule is COc1ccccc1CN(C)CC(=O)Nc1ccc(S(=O)(=O)C(F)F)cc1. The third kappa shape index (κ3) is 5.48. The predicted octanol–water partition coefficient (Wildman–Crippen LogP) is 2.76. The van der Waals surface area contributed by atoms with Gasteiger partial charge in [-0.3, -0.25) is 9.69 Å². The van der Waals surface area contributed by atoms with E-state index in [0.29, 0.717) is 12.2 Å². The second kappa shape index (κ2) is 8.92. The average molecular weight is 398 g/mol. The summed E-state index contributed by atoms with van der Waals surface area (Å²) in [5.41, 5.74) is 1.25. The van der Waals surface area contributed by atoms with Gasteiger partial charge in [-0.2, -0.15) is 8.78 Å². The molecule has 0 heterocycles. The minimum atomic E-state index is -4.65. The molecular formula is C18H20F2N2O4S. The Morgan fingerprint density at radius 1 is 1.15 bits per heavy atom. The summed E-state index contributed by atoms with van der Waals surface area (Å²) in [6, 6.07) is 12.1.